The molecule has 0 aliphatic heterocycles. The minimum absolute atomic E-state index is 0.0517. The third-order valence-corrected chi connectivity index (χ3v) is 4.90. The number of carbonyl (C=O) groups excluding carboxylic acids is 2. The average molecular weight is 460 g/mol. The Morgan fingerprint density at radius 1 is 0.879 bits per heavy atom. The summed E-state index contributed by atoms with van der Waals surface area (Å²) < 4.78 is 5.26. The third-order valence-electron chi connectivity index (χ3n) is 4.70. The van der Waals surface area contributed by atoms with Crippen LogP contribution in [0.1, 0.15) is 17.5 Å². The summed E-state index contributed by atoms with van der Waals surface area (Å²) in [5, 5.41) is 8.60. The van der Waals surface area contributed by atoms with Crippen molar-refractivity contribution in [3.05, 3.63) is 96.1 Å². The molecule has 0 unspecified atom stereocenters. The van der Waals surface area contributed by atoms with Crippen molar-refractivity contribution in [1.82, 2.24) is 5.32 Å². The lowest BCUT2D eigenvalue weighted by Gasteiger charge is -2.10. The van der Waals surface area contributed by atoms with E-state index in [0.29, 0.717) is 30.0 Å². The van der Waals surface area contributed by atoms with Crippen LogP contribution in [0.3, 0.4) is 0 Å². The lowest BCUT2D eigenvalue weighted by molar-refractivity contribution is -0.116. The van der Waals surface area contributed by atoms with Gasteiger partial charge in [0.1, 0.15) is 5.75 Å². The van der Waals surface area contributed by atoms with Gasteiger partial charge < -0.3 is 15.4 Å². The minimum atomic E-state index is -0.360. The summed E-state index contributed by atoms with van der Waals surface area (Å²) in [4.78, 5) is 24.3. The molecular weight excluding hydrogens is 434 g/mol. The Labute approximate surface area is 198 Å². The third kappa shape index (κ3) is 7.90. The number of nitrogens with one attached hydrogen (secondary N) is 3. The van der Waals surface area contributed by atoms with Crippen molar-refractivity contribution in [3.63, 3.8) is 0 Å². The van der Waals surface area contributed by atoms with Crippen LogP contribution in [0.15, 0.2) is 84.9 Å². The van der Waals surface area contributed by atoms with Gasteiger partial charge in [0, 0.05) is 29.4 Å². The molecule has 3 rings (SSSR count). The van der Waals surface area contributed by atoms with E-state index in [1.165, 1.54) is 6.08 Å². The molecule has 6 nitrogen and oxygen atoms in total. The number of methoxy groups -OCH3 is 1. The average Bonchev–Trinajstić information content (AvgIpc) is 2.83. The molecule has 3 N–H and O–H groups in total. The summed E-state index contributed by atoms with van der Waals surface area (Å²) in [6.45, 7) is 0. The predicted octanol–water partition coefficient (Wildman–Crippen LogP) is 4.79. The molecule has 168 valence electrons. The monoisotopic (exact) mass is 459 g/mol. The molecule has 0 saturated carbocycles. The number of carbonyl (C=O) groups is 2. The van der Waals surface area contributed by atoms with Gasteiger partial charge in [-0.05, 0) is 60.6 Å². The van der Waals surface area contributed by atoms with Gasteiger partial charge in [-0.2, -0.15) is 0 Å². The van der Waals surface area contributed by atoms with Crippen molar-refractivity contribution in [2.75, 3.05) is 17.7 Å². The number of para-hydroxylation sites is 1. The molecule has 0 fully saturated rings. The molecule has 0 atom stereocenters. The number of amides is 2. The van der Waals surface area contributed by atoms with Crippen LogP contribution in [0.4, 0.5) is 11.4 Å². The van der Waals surface area contributed by atoms with Crippen molar-refractivity contribution in [2.24, 2.45) is 0 Å². The van der Waals surface area contributed by atoms with Crippen LogP contribution in [0.2, 0.25) is 0 Å². The maximum atomic E-state index is 12.2. The van der Waals surface area contributed by atoms with Gasteiger partial charge >= 0.3 is 0 Å². The predicted molar refractivity (Wildman–Crippen MR) is 136 cm³/mol. The highest BCUT2D eigenvalue weighted by atomic mass is 32.1. The van der Waals surface area contributed by atoms with E-state index < -0.39 is 0 Å². The van der Waals surface area contributed by atoms with E-state index >= 15 is 0 Å². The summed E-state index contributed by atoms with van der Waals surface area (Å²) in [7, 11) is 1.58. The molecule has 0 spiro atoms. The number of aryl methyl sites for hydroxylation is 1. The van der Waals surface area contributed by atoms with E-state index in [9.17, 15) is 9.59 Å². The molecule has 0 bridgehead atoms. The maximum Gasteiger partial charge on any atom is 0.250 e. The molecule has 33 heavy (non-hydrogen) atoms. The number of benzene rings is 3. The van der Waals surface area contributed by atoms with Gasteiger partial charge in [0.25, 0.3) is 0 Å². The molecular formula is C26H25N3O3S. The fraction of sp³-hybridized carbons (Fsp3) is 0.115. The first-order valence-electron chi connectivity index (χ1n) is 10.4. The number of hydrogen-bond acceptors (Lipinski definition) is 4. The topological polar surface area (TPSA) is 79.5 Å². The minimum Gasteiger partial charge on any atom is -0.496 e. The van der Waals surface area contributed by atoms with Crippen LogP contribution in [0.25, 0.3) is 6.08 Å². The van der Waals surface area contributed by atoms with Gasteiger partial charge in [0.05, 0.1) is 7.11 Å². The zero-order chi connectivity index (χ0) is 23.5. The summed E-state index contributed by atoms with van der Waals surface area (Å²) in [5.41, 5.74) is 3.29. The van der Waals surface area contributed by atoms with Crippen molar-refractivity contribution >= 4 is 46.6 Å². The van der Waals surface area contributed by atoms with E-state index in [2.05, 4.69) is 16.0 Å². The fourth-order valence-electron chi connectivity index (χ4n) is 3.05. The van der Waals surface area contributed by atoms with E-state index in [-0.39, 0.29) is 16.9 Å². The van der Waals surface area contributed by atoms with Gasteiger partial charge in [0.15, 0.2) is 5.11 Å². The van der Waals surface area contributed by atoms with Gasteiger partial charge in [-0.15, -0.1) is 0 Å². The number of rotatable bonds is 8. The lowest BCUT2D eigenvalue weighted by Crippen LogP contribution is -2.32. The maximum absolute atomic E-state index is 12.2. The van der Waals surface area contributed by atoms with Gasteiger partial charge in [0.2, 0.25) is 11.8 Å². The zero-order valence-electron chi connectivity index (χ0n) is 18.2. The van der Waals surface area contributed by atoms with Crippen LogP contribution in [0.5, 0.6) is 5.75 Å². The summed E-state index contributed by atoms with van der Waals surface area (Å²) in [6, 6.07) is 24.4. The van der Waals surface area contributed by atoms with Gasteiger partial charge in [-0.1, -0.05) is 48.5 Å². The molecule has 3 aromatic carbocycles. The number of anilines is 2. The standard InChI is InChI=1S/C26H25N3O3S/c1-32-23-10-6-5-9-20(23)12-18-25(31)29-26(33)28-22-15-13-21(14-16-22)27-24(30)17-11-19-7-3-2-4-8-19/h2-10,12-16,18H,11,17H2,1H3,(H,27,30)(H2,28,29,31,33)/b18-12+. The quantitative estimate of drug-likeness (QED) is 0.333. The van der Waals surface area contributed by atoms with Crippen molar-refractivity contribution in [2.45, 2.75) is 12.8 Å². The van der Waals surface area contributed by atoms with Crippen LogP contribution in [-0.2, 0) is 16.0 Å². The highest BCUT2D eigenvalue weighted by Gasteiger charge is 2.05. The summed E-state index contributed by atoms with van der Waals surface area (Å²) >= 11 is 5.20. The van der Waals surface area contributed by atoms with E-state index in [1.54, 1.807) is 37.5 Å². The Balaban J connectivity index is 1.45. The lowest BCUT2D eigenvalue weighted by atomic mass is 10.1. The largest absolute Gasteiger partial charge is 0.496 e. The molecule has 0 aliphatic carbocycles. The second-order valence-corrected chi connectivity index (χ2v) is 7.54. The molecule has 2 amide bonds. The summed E-state index contributed by atoms with van der Waals surface area (Å²) in [6.07, 6.45) is 4.14. The van der Waals surface area contributed by atoms with Crippen molar-refractivity contribution in [3.8, 4) is 5.75 Å². The Morgan fingerprint density at radius 2 is 1.52 bits per heavy atom. The van der Waals surface area contributed by atoms with Crippen LogP contribution >= 0.6 is 12.2 Å². The Hall–Kier alpha value is -3.97. The van der Waals surface area contributed by atoms with E-state index in [4.69, 9.17) is 17.0 Å². The van der Waals surface area contributed by atoms with Crippen LogP contribution in [0, 0.1) is 0 Å². The fourth-order valence-corrected chi connectivity index (χ4v) is 3.27. The SMILES string of the molecule is COc1ccccc1/C=C/C(=O)NC(=S)Nc1ccc(NC(=O)CCc2ccccc2)cc1. The smallest absolute Gasteiger partial charge is 0.250 e. The Kier molecular flexibility index (Phi) is 8.73. The van der Waals surface area contributed by atoms with E-state index in [1.807, 2.05) is 54.6 Å². The first-order valence-corrected chi connectivity index (χ1v) is 10.8. The van der Waals surface area contributed by atoms with Gasteiger partial charge in [-0.25, -0.2) is 0 Å². The first kappa shape index (κ1) is 23.7. The molecule has 0 aliphatic rings. The molecule has 0 aromatic heterocycles. The van der Waals surface area contributed by atoms with Crippen LogP contribution in [-0.4, -0.2) is 24.0 Å². The molecule has 0 saturated heterocycles. The molecule has 3 aromatic rings. The second kappa shape index (κ2) is 12.2. The zero-order valence-corrected chi connectivity index (χ0v) is 19.0. The van der Waals surface area contributed by atoms with Crippen LogP contribution < -0.4 is 20.7 Å². The molecule has 0 radical (unpaired) electrons. The highest BCUT2D eigenvalue weighted by Crippen LogP contribution is 2.18. The second-order valence-electron chi connectivity index (χ2n) is 7.13. The van der Waals surface area contributed by atoms with E-state index in [0.717, 1.165) is 11.1 Å². The number of ether oxygens (including phenoxy) is 1. The number of hydrogen-bond donors (Lipinski definition) is 3. The Bertz CT molecular complexity index is 1130. The normalized spacial score (nSPS) is 10.5. The number of thiocarbonyl (C=S) groups is 1. The molecule has 0 heterocycles. The first-order chi connectivity index (χ1) is 16.0. The van der Waals surface area contributed by atoms with Gasteiger partial charge in [-0.3, -0.25) is 14.9 Å². The van der Waals surface area contributed by atoms with Crippen molar-refractivity contribution in [1.29, 1.82) is 0 Å². The summed E-state index contributed by atoms with van der Waals surface area (Å²) in [5.74, 6) is 0.263. The molecule has 7 heteroatoms. The Morgan fingerprint density at radius 3 is 2.21 bits per heavy atom. The highest BCUT2D eigenvalue weighted by molar-refractivity contribution is 7.80. The van der Waals surface area contributed by atoms with Crippen molar-refractivity contribution < 1.29 is 14.3 Å².